The molecular formula is C12H13FO3. The lowest BCUT2D eigenvalue weighted by atomic mass is 10.1. The first-order valence-electron chi connectivity index (χ1n) is 5.51. The van der Waals surface area contributed by atoms with Gasteiger partial charge in [-0.2, -0.15) is 0 Å². The van der Waals surface area contributed by atoms with Gasteiger partial charge in [-0.3, -0.25) is 0 Å². The molecule has 0 amide bonds. The fraction of sp³-hybridized carbons (Fsp3) is 0.500. The van der Waals surface area contributed by atoms with Gasteiger partial charge in [0.05, 0.1) is 18.8 Å². The number of hydrogen-bond acceptors (Lipinski definition) is 3. The van der Waals surface area contributed by atoms with Gasteiger partial charge in [0, 0.05) is 6.42 Å². The highest BCUT2D eigenvalue weighted by molar-refractivity contribution is 5.47. The average molecular weight is 224 g/mol. The quantitative estimate of drug-likeness (QED) is 0.792. The third-order valence-electron chi connectivity index (χ3n) is 3.06. The van der Waals surface area contributed by atoms with Crippen LogP contribution in [0.5, 0.6) is 11.5 Å². The van der Waals surface area contributed by atoms with Crippen molar-refractivity contribution in [3.8, 4) is 11.5 Å². The summed E-state index contributed by atoms with van der Waals surface area (Å²) in [5, 5.41) is 9.93. The lowest BCUT2D eigenvalue weighted by Gasteiger charge is -2.13. The van der Waals surface area contributed by atoms with Gasteiger partial charge in [0.1, 0.15) is 0 Å². The summed E-state index contributed by atoms with van der Waals surface area (Å²) in [6, 6.07) is 3.04. The van der Waals surface area contributed by atoms with Gasteiger partial charge in [-0.1, -0.05) is 0 Å². The molecule has 1 aromatic rings. The second-order valence-electron chi connectivity index (χ2n) is 4.37. The predicted octanol–water partition coefficient (Wildman–Crippen LogP) is 1.97. The Bertz CT molecular complexity index is 427. The first kappa shape index (κ1) is 9.90. The monoisotopic (exact) mass is 224 g/mol. The van der Waals surface area contributed by atoms with Crippen molar-refractivity contribution in [1.82, 2.24) is 0 Å². The Morgan fingerprint density at radius 3 is 2.69 bits per heavy atom. The van der Waals surface area contributed by atoms with Crippen molar-refractivity contribution in [2.45, 2.75) is 24.9 Å². The first-order valence-corrected chi connectivity index (χ1v) is 5.51. The molecule has 1 N–H and O–H groups in total. The van der Waals surface area contributed by atoms with E-state index in [1.807, 2.05) is 0 Å². The van der Waals surface area contributed by atoms with E-state index < -0.39 is 11.4 Å². The van der Waals surface area contributed by atoms with Gasteiger partial charge >= 0.3 is 0 Å². The molecule has 1 heterocycles. The Balaban J connectivity index is 2.05. The lowest BCUT2D eigenvalue weighted by Crippen LogP contribution is -2.06. The molecule has 0 saturated heterocycles. The predicted molar refractivity (Wildman–Crippen MR) is 55.1 cm³/mol. The summed E-state index contributed by atoms with van der Waals surface area (Å²) >= 11 is 0. The fourth-order valence-electron chi connectivity index (χ4n) is 1.91. The summed E-state index contributed by atoms with van der Waals surface area (Å²) in [6.45, 7) is 0.988. The third-order valence-corrected chi connectivity index (χ3v) is 3.06. The van der Waals surface area contributed by atoms with Crippen LogP contribution >= 0.6 is 0 Å². The molecule has 0 spiro atoms. The maximum atomic E-state index is 13.8. The Labute approximate surface area is 92.8 Å². The van der Waals surface area contributed by atoms with Crippen LogP contribution in [0, 0.1) is 5.82 Å². The molecule has 1 aliphatic carbocycles. The van der Waals surface area contributed by atoms with Crippen LogP contribution in [0.1, 0.15) is 24.8 Å². The molecule has 2 aliphatic rings. The topological polar surface area (TPSA) is 38.7 Å². The standard InChI is InChI=1S/C12H13FO3/c13-9-6-8(12(14)2-3-12)7-10-11(9)16-5-1-4-15-10/h6-7,14H,1-5H2. The summed E-state index contributed by atoms with van der Waals surface area (Å²) in [6.07, 6.45) is 2.12. The van der Waals surface area contributed by atoms with Crippen molar-refractivity contribution >= 4 is 0 Å². The zero-order valence-electron chi connectivity index (χ0n) is 8.83. The van der Waals surface area contributed by atoms with E-state index >= 15 is 0 Å². The summed E-state index contributed by atoms with van der Waals surface area (Å²) in [4.78, 5) is 0. The van der Waals surface area contributed by atoms with Crippen LogP contribution < -0.4 is 9.47 Å². The molecule has 1 fully saturated rings. The van der Waals surface area contributed by atoms with Crippen LogP contribution in [-0.4, -0.2) is 18.3 Å². The van der Waals surface area contributed by atoms with Crippen molar-refractivity contribution in [3.05, 3.63) is 23.5 Å². The number of aliphatic hydroxyl groups is 1. The van der Waals surface area contributed by atoms with E-state index in [0.717, 1.165) is 6.42 Å². The number of benzene rings is 1. The molecule has 1 aliphatic heterocycles. The highest BCUT2D eigenvalue weighted by Gasteiger charge is 2.43. The summed E-state index contributed by atoms with van der Waals surface area (Å²) in [7, 11) is 0. The van der Waals surface area contributed by atoms with Crippen LogP contribution in [0.15, 0.2) is 12.1 Å². The zero-order valence-corrected chi connectivity index (χ0v) is 8.83. The van der Waals surface area contributed by atoms with Gasteiger partial charge in [-0.05, 0) is 30.5 Å². The number of ether oxygens (including phenoxy) is 2. The van der Waals surface area contributed by atoms with E-state index in [1.54, 1.807) is 6.07 Å². The Morgan fingerprint density at radius 2 is 1.94 bits per heavy atom. The fourth-order valence-corrected chi connectivity index (χ4v) is 1.91. The summed E-state index contributed by atoms with van der Waals surface area (Å²) < 4.78 is 24.5. The SMILES string of the molecule is OC1(c2cc(F)c3c(c2)OCCCO3)CC1. The van der Waals surface area contributed by atoms with E-state index in [9.17, 15) is 9.50 Å². The van der Waals surface area contributed by atoms with Gasteiger partial charge in [0.25, 0.3) is 0 Å². The number of hydrogen-bond donors (Lipinski definition) is 1. The number of fused-ring (bicyclic) bond motifs is 1. The second kappa shape index (κ2) is 3.35. The van der Waals surface area contributed by atoms with Crippen LogP contribution in [0.4, 0.5) is 4.39 Å². The van der Waals surface area contributed by atoms with Crippen molar-refractivity contribution in [2.75, 3.05) is 13.2 Å². The molecule has 0 aromatic heterocycles. The maximum absolute atomic E-state index is 13.8. The molecule has 16 heavy (non-hydrogen) atoms. The Morgan fingerprint density at radius 1 is 1.19 bits per heavy atom. The second-order valence-corrected chi connectivity index (χ2v) is 4.37. The van der Waals surface area contributed by atoms with Gasteiger partial charge in [0.15, 0.2) is 17.3 Å². The molecule has 4 heteroatoms. The normalized spacial score (nSPS) is 21.4. The van der Waals surface area contributed by atoms with Gasteiger partial charge in [-0.25, -0.2) is 4.39 Å². The Hall–Kier alpha value is -1.29. The van der Waals surface area contributed by atoms with Crippen molar-refractivity contribution in [2.24, 2.45) is 0 Å². The van der Waals surface area contributed by atoms with Gasteiger partial charge < -0.3 is 14.6 Å². The minimum absolute atomic E-state index is 0.172. The van der Waals surface area contributed by atoms with Crippen LogP contribution in [0.25, 0.3) is 0 Å². The van der Waals surface area contributed by atoms with E-state index in [-0.39, 0.29) is 5.75 Å². The largest absolute Gasteiger partial charge is 0.489 e. The molecule has 0 unspecified atom stereocenters. The zero-order chi connectivity index (χ0) is 11.2. The number of rotatable bonds is 1. The van der Waals surface area contributed by atoms with Crippen LogP contribution in [0.3, 0.4) is 0 Å². The minimum Gasteiger partial charge on any atom is -0.489 e. The van der Waals surface area contributed by atoms with Gasteiger partial charge in [0.2, 0.25) is 0 Å². The van der Waals surface area contributed by atoms with Crippen molar-refractivity contribution in [1.29, 1.82) is 0 Å². The van der Waals surface area contributed by atoms with E-state index in [0.29, 0.717) is 37.4 Å². The average Bonchev–Trinajstić information content (AvgIpc) is 3.02. The highest BCUT2D eigenvalue weighted by atomic mass is 19.1. The molecule has 0 radical (unpaired) electrons. The van der Waals surface area contributed by atoms with Crippen molar-refractivity contribution < 1.29 is 19.0 Å². The third kappa shape index (κ3) is 1.53. The molecule has 1 saturated carbocycles. The van der Waals surface area contributed by atoms with Crippen molar-refractivity contribution in [3.63, 3.8) is 0 Å². The molecule has 0 bridgehead atoms. The van der Waals surface area contributed by atoms with E-state index in [1.165, 1.54) is 6.07 Å². The molecule has 0 atom stereocenters. The van der Waals surface area contributed by atoms with Crippen LogP contribution in [-0.2, 0) is 5.60 Å². The molecule has 3 nitrogen and oxygen atoms in total. The van der Waals surface area contributed by atoms with Crippen LogP contribution in [0.2, 0.25) is 0 Å². The van der Waals surface area contributed by atoms with E-state index in [4.69, 9.17) is 9.47 Å². The minimum atomic E-state index is -0.842. The summed E-state index contributed by atoms with van der Waals surface area (Å²) in [5.41, 5.74) is -0.250. The van der Waals surface area contributed by atoms with Gasteiger partial charge in [-0.15, -0.1) is 0 Å². The van der Waals surface area contributed by atoms with E-state index in [2.05, 4.69) is 0 Å². The smallest absolute Gasteiger partial charge is 0.197 e. The summed E-state index contributed by atoms with van der Waals surface area (Å²) in [5.74, 6) is 0.132. The molecular weight excluding hydrogens is 211 g/mol. The molecule has 86 valence electrons. The number of halogens is 1. The highest BCUT2D eigenvalue weighted by Crippen LogP contribution is 2.48. The molecule has 3 rings (SSSR count). The lowest BCUT2D eigenvalue weighted by molar-refractivity contribution is 0.150. The maximum Gasteiger partial charge on any atom is 0.197 e. The Kier molecular flexibility index (Phi) is 2.07. The first-order chi connectivity index (χ1) is 7.69. The molecule has 1 aromatic carbocycles.